The molecular weight excluding hydrogens is 331 g/mol. The van der Waals surface area contributed by atoms with Crippen LogP contribution < -0.4 is 4.90 Å². The summed E-state index contributed by atoms with van der Waals surface area (Å²) in [5, 5.41) is 17.8. The molecule has 134 valence electrons. The molecule has 1 heterocycles. The summed E-state index contributed by atoms with van der Waals surface area (Å²) in [7, 11) is 0. The summed E-state index contributed by atoms with van der Waals surface area (Å²) in [5.41, 5.74) is -0.861. The first kappa shape index (κ1) is 17.7. The summed E-state index contributed by atoms with van der Waals surface area (Å²) in [5.74, 6) is 0.331. The van der Waals surface area contributed by atoms with Crippen LogP contribution in [0.3, 0.4) is 0 Å². The molecule has 1 aliphatic rings. The van der Waals surface area contributed by atoms with E-state index < -0.39 is 17.5 Å². The van der Waals surface area contributed by atoms with Crippen LogP contribution >= 0.6 is 0 Å². The quantitative estimate of drug-likeness (QED) is 0.890. The summed E-state index contributed by atoms with van der Waals surface area (Å²) in [6, 6.07) is 11.8. The molecule has 0 bridgehead atoms. The largest absolute Gasteiger partial charge is 0.435 e. The van der Waals surface area contributed by atoms with Crippen LogP contribution in [0.15, 0.2) is 42.5 Å². The molecule has 1 aromatic carbocycles. The molecule has 25 heavy (non-hydrogen) atoms. The third-order valence-corrected chi connectivity index (χ3v) is 4.50. The minimum Gasteiger partial charge on any atom is -0.388 e. The number of hydrogen-bond acceptors (Lipinski definition) is 4. The van der Waals surface area contributed by atoms with Gasteiger partial charge in [-0.15, -0.1) is 10.2 Å². The summed E-state index contributed by atoms with van der Waals surface area (Å²) in [6.45, 7) is 0.769. The smallest absolute Gasteiger partial charge is 0.388 e. The standard InChI is InChI=1S/C18H20F3N3O/c19-18(20,21)15-8-9-16(23-22-15)24(12-14-6-2-1-3-7-14)13-17(25)10-4-5-11-17/h1-3,6-9,25H,4-5,10-13H2. The van der Waals surface area contributed by atoms with Crippen LogP contribution in [0.25, 0.3) is 0 Å². The highest BCUT2D eigenvalue weighted by Gasteiger charge is 2.35. The first-order chi connectivity index (χ1) is 11.9. The molecule has 4 nitrogen and oxygen atoms in total. The van der Waals surface area contributed by atoms with Gasteiger partial charge in [0.05, 0.1) is 5.60 Å². The number of aromatic nitrogens is 2. The number of aliphatic hydroxyl groups is 1. The Labute approximate surface area is 144 Å². The van der Waals surface area contributed by atoms with E-state index in [1.54, 1.807) is 4.90 Å². The predicted molar refractivity (Wildman–Crippen MR) is 87.9 cm³/mol. The van der Waals surface area contributed by atoms with Crippen LogP contribution in [0, 0.1) is 0 Å². The lowest BCUT2D eigenvalue weighted by Gasteiger charge is -2.32. The van der Waals surface area contributed by atoms with Gasteiger partial charge in [-0.05, 0) is 30.5 Å². The molecule has 0 spiro atoms. The second-order valence-electron chi connectivity index (χ2n) is 6.55. The maximum absolute atomic E-state index is 12.7. The Hall–Kier alpha value is -2.15. The highest BCUT2D eigenvalue weighted by atomic mass is 19.4. The minimum absolute atomic E-state index is 0.321. The van der Waals surface area contributed by atoms with Gasteiger partial charge in [0, 0.05) is 13.1 Å². The molecule has 1 aromatic heterocycles. The Balaban J connectivity index is 1.84. The summed E-state index contributed by atoms with van der Waals surface area (Å²) in [6.07, 6.45) is -1.24. The van der Waals surface area contributed by atoms with Gasteiger partial charge in [-0.2, -0.15) is 13.2 Å². The molecule has 1 fully saturated rings. The van der Waals surface area contributed by atoms with Gasteiger partial charge < -0.3 is 10.0 Å². The minimum atomic E-state index is -4.51. The van der Waals surface area contributed by atoms with Crippen molar-refractivity contribution in [2.45, 2.75) is 44.0 Å². The number of rotatable bonds is 5. The maximum atomic E-state index is 12.7. The average Bonchev–Trinajstić information content (AvgIpc) is 3.01. The van der Waals surface area contributed by atoms with E-state index >= 15 is 0 Å². The fourth-order valence-electron chi connectivity index (χ4n) is 3.21. The van der Waals surface area contributed by atoms with Crippen molar-refractivity contribution >= 4 is 5.82 Å². The summed E-state index contributed by atoms with van der Waals surface area (Å²) in [4.78, 5) is 1.80. The van der Waals surface area contributed by atoms with Crippen LogP contribution in [-0.4, -0.2) is 27.4 Å². The van der Waals surface area contributed by atoms with Crippen molar-refractivity contribution < 1.29 is 18.3 Å². The van der Waals surface area contributed by atoms with Gasteiger partial charge in [0.2, 0.25) is 0 Å². The van der Waals surface area contributed by atoms with E-state index in [-0.39, 0.29) is 0 Å². The Bertz CT molecular complexity index is 683. The Morgan fingerprint density at radius 1 is 1.00 bits per heavy atom. The van der Waals surface area contributed by atoms with Gasteiger partial charge in [-0.1, -0.05) is 43.2 Å². The predicted octanol–water partition coefficient (Wildman–Crippen LogP) is 3.81. The molecule has 2 aromatic rings. The first-order valence-electron chi connectivity index (χ1n) is 8.28. The number of halogens is 3. The van der Waals surface area contributed by atoms with E-state index in [9.17, 15) is 18.3 Å². The van der Waals surface area contributed by atoms with E-state index in [0.29, 0.717) is 31.7 Å². The van der Waals surface area contributed by atoms with Crippen molar-refractivity contribution in [3.05, 3.63) is 53.7 Å². The normalized spacial score (nSPS) is 16.8. The van der Waals surface area contributed by atoms with Crippen LogP contribution in [0.4, 0.5) is 19.0 Å². The average molecular weight is 351 g/mol. The fourth-order valence-corrected chi connectivity index (χ4v) is 3.21. The molecule has 0 unspecified atom stereocenters. The van der Waals surface area contributed by atoms with Crippen LogP contribution in [0.1, 0.15) is 36.9 Å². The van der Waals surface area contributed by atoms with Crippen molar-refractivity contribution in [2.75, 3.05) is 11.4 Å². The second-order valence-corrected chi connectivity index (χ2v) is 6.55. The van der Waals surface area contributed by atoms with E-state index in [0.717, 1.165) is 24.5 Å². The SMILES string of the molecule is OC1(CN(Cc2ccccc2)c2ccc(C(F)(F)F)nn2)CCCC1. The summed E-state index contributed by atoms with van der Waals surface area (Å²) >= 11 is 0. The monoisotopic (exact) mass is 351 g/mol. The number of alkyl halides is 3. The zero-order valence-corrected chi connectivity index (χ0v) is 13.7. The number of benzene rings is 1. The van der Waals surface area contributed by atoms with Crippen LogP contribution in [0.2, 0.25) is 0 Å². The second kappa shape index (κ2) is 7.00. The first-order valence-corrected chi connectivity index (χ1v) is 8.28. The zero-order valence-electron chi connectivity index (χ0n) is 13.7. The van der Waals surface area contributed by atoms with Crippen molar-refractivity contribution in [1.29, 1.82) is 0 Å². The van der Waals surface area contributed by atoms with E-state index in [1.165, 1.54) is 6.07 Å². The topological polar surface area (TPSA) is 49.2 Å². The highest BCUT2D eigenvalue weighted by molar-refractivity contribution is 5.40. The fraction of sp³-hybridized carbons (Fsp3) is 0.444. The van der Waals surface area contributed by atoms with E-state index in [1.807, 2.05) is 30.3 Å². The number of nitrogens with zero attached hydrogens (tertiary/aromatic N) is 3. The van der Waals surface area contributed by atoms with Gasteiger partial charge in [0.1, 0.15) is 0 Å². The van der Waals surface area contributed by atoms with Crippen LogP contribution in [0.5, 0.6) is 0 Å². The van der Waals surface area contributed by atoms with Crippen LogP contribution in [-0.2, 0) is 12.7 Å². The lowest BCUT2D eigenvalue weighted by atomic mass is 10.0. The third-order valence-electron chi connectivity index (χ3n) is 4.50. The highest BCUT2D eigenvalue weighted by Crippen LogP contribution is 2.32. The molecule has 7 heteroatoms. The Morgan fingerprint density at radius 3 is 2.24 bits per heavy atom. The van der Waals surface area contributed by atoms with Crippen molar-refractivity contribution in [3.8, 4) is 0 Å². The molecule has 0 atom stereocenters. The number of hydrogen-bond donors (Lipinski definition) is 1. The van der Waals surface area contributed by atoms with Crippen molar-refractivity contribution in [2.24, 2.45) is 0 Å². The molecule has 0 amide bonds. The van der Waals surface area contributed by atoms with E-state index in [2.05, 4.69) is 10.2 Å². The van der Waals surface area contributed by atoms with Gasteiger partial charge >= 0.3 is 6.18 Å². The lowest BCUT2D eigenvalue weighted by Crippen LogP contribution is -2.41. The maximum Gasteiger partial charge on any atom is 0.435 e. The molecule has 1 N–H and O–H groups in total. The molecule has 1 saturated carbocycles. The van der Waals surface area contributed by atoms with Gasteiger partial charge in [0.15, 0.2) is 11.5 Å². The molecule has 0 saturated heterocycles. The molecule has 1 aliphatic carbocycles. The molecule has 0 aliphatic heterocycles. The molecular formula is C18H20F3N3O. The van der Waals surface area contributed by atoms with Crippen molar-refractivity contribution in [3.63, 3.8) is 0 Å². The van der Waals surface area contributed by atoms with Gasteiger partial charge in [0.25, 0.3) is 0 Å². The van der Waals surface area contributed by atoms with Gasteiger partial charge in [-0.25, -0.2) is 0 Å². The molecule has 0 radical (unpaired) electrons. The Morgan fingerprint density at radius 2 is 1.68 bits per heavy atom. The van der Waals surface area contributed by atoms with E-state index in [4.69, 9.17) is 0 Å². The third kappa shape index (κ3) is 4.48. The van der Waals surface area contributed by atoms with Crippen molar-refractivity contribution in [1.82, 2.24) is 10.2 Å². The Kier molecular flexibility index (Phi) is 4.94. The molecule has 3 rings (SSSR count). The van der Waals surface area contributed by atoms with Gasteiger partial charge in [-0.3, -0.25) is 0 Å². The lowest BCUT2D eigenvalue weighted by molar-refractivity contribution is -0.141. The zero-order chi connectivity index (χ0) is 17.9. The summed E-state index contributed by atoms with van der Waals surface area (Å²) < 4.78 is 38.1. The number of anilines is 1.